The number of benzene rings is 3. The van der Waals surface area contributed by atoms with Crippen molar-refractivity contribution in [3.8, 4) is 11.1 Å². The largest absolute Gasteiger partial charge is 1.00 e. The number of nitrogens with zero attached hydrogens (tertiary/aromatic N) is 3. The van der Waals surface area contributed by atoms with E-state index in [0.717, 1.165) is 11.6 Å². The van der Waals surface area contributed by atoms with Crippen LogP contribution in [0.25, 0.3) is 21.9 Å². The van der Waals surface area contributed by atoms with Gasteiger partial charge in [0.05, 0.1) is 16.8 Å². The summed E-state index contributed by atoms with van der Waals surface area (Å²) in [4.78, 5) is 3.73. The fraction of sp³-hybridized carbons (Fsp3) is 0. The third-order valence-corrected chi connectivity index (χ3v) is 5.66. The van der Waals surface area contributed by atoms with Gasteiger partial charge in [0.1, 0.15) is 26.6 Å². The second kappa shape index (κ2) is 9.44. The first-order chi connectivity index (χ1) is 14.3. The number of fused-ring (bicyclic) bond motifs is 1. The number of aromatic nitrogens is 1. The summed E-state index contributed by atoms with van der Waals surface area (Å²) < 4.78 is 35.2. The molecule has 4 aromatic rings. The van der Waals surface area contributed by atoms with Crippen LogP contribution in [0.1, 0.15) is 0 Å². The molecule has 1 heterocycles. The number of nitrogens with two attached hydrogens (primary N) is 1. The Balaban J connectivity index is 0.00000272. The Bertz CT molecular complexity index is 1400. The van der Waals surface area contributed by atoms with E-state index in [-0.39, 0.29) is 46.3 Å². The summed E-state index contributed by atoms with van der Waals surface area (Å²) >= 11 is 6.20. The van der Waals surface area contributed by atoms with E-state index in [2.05, 4.69) is 15.2 Å². The molecule has 10 heteroatoms. The van der Waals surface area contributed by atoms with Crippen molar-refractivity contribution in [3.05, 3.63) is 78.1 Å². The van der Waals surface area contributed by atoms with Gasteiger partial charge < -0.3 is 10.3 Å². The van der Waals surface area contributed by atoms with Gasteiger partial charge in [0.25, 0.3) is 0 Å². The second-order valence-corrected chi connectivity index (χ2v) is 8.11. The van der Waals surface area contributed by atoms with Crippen molar-refractivity contribution in [2.75, 3.05) is 5.73 Å². The van der Waals surface area contributed by atoms with Crippen LogP contribution in [0.3, 0.4) is 0 Å². The third-order valence-electron chi connectivity index (χ3n) is 4.48. The molecular formula is C21H14ClN4NaO3S. The van der Waals surface area contributed by atoms with Crippen molar-refractivity contribution < 1.29 is 42.5 Å². The Morgan fingerprint density at radius 3 is 2.26 bits per heavy atom. The van der Waals surface area contributed by atoms with Gasteiger partial charge in [0, 0.05) is 16.3 Å². The maximum absolute atomic E-state index is 11.7. The maximum atomic E-state index is 11.7. The van der Waals surface area contributed by atoms with Crippen LogP contribution in [-0.4, -0.2) is 18.0 Å². The van der Waals surface area contributed by atoms with Crippen molar-refractivity contribution in [2.45, 2.75) is 4.90 Å². The van der Waals surface area contributed by atoms with Crippen LogP contribution < -0.4 is 35.3 Å². The molecule has 31 heavy (non-hydrogen) atoms. The van der Waals surface area contributed by atoms with Gasteiger partial charge >= 0.3 is 29.6 Å². The molecule has 0 spiro atoms. The molecule has 0 amide bonds. The van der Waals surface area contributed by atoms with Crippen LogP contribution in [-0.2, 0) is 10.1 Å². The topological polar surface area (TPSA) is 121 Å². The molecule has 150 valence electrons. The van der Waals surface area contributed by atoms with Gasteiger partial charge in [0.15, 0.2) is 0 Å². The summed E-state index contributed by atoms with van der Waals surface area (Å²) in [7, 11) is -4.74. The summed E-state index contributed by atoms with van der Waals surface area (Å²) in [5, 5.41) is 9.15. The van der Waals surface area contributed by atoms with E-state index in [1.807, 2.05) is 30.3 Å². The van der Waals surface area contributed by atoms with Crippen molar-refractivity contribution >= 4 is 49.6 Å². The Morgan fingerprint density at radius 1 is 0.935 bits per heavy atom. The minimum Gasteiger partial charge on any atom is -0.744 e. The van der Waals surface area contributed by atoms with Gasteiger partial charge in [-0.3, -0.25) is 0 Å². The summed E-state index contributed by atoms with van der Waals surface area (Å²) in [6.07, 6.45) is 1.43. The zero-order valence-corrected chi connectivity index (χ0v) is 19.9. The molecular weight excluding hydrogens is 447 g/mol. The molecule has 2 N–H and O–H groups in total. The molecule has 0 aliphatic heterocycles. The monoisotopic (exact) mass is 460 g/mol. The van der Waals surface area contributed by atoms with Crippen LogP contribution >= 0.6 is 11.6 Å². The van der Waals surface area contributed by atoms with Gasteiger partial charge in [-0.25, -0.2) is 13.4 Å². The van der Waals surface area contributed by atoms with Crippen molar-refractivity contribution in [1.29, 1.82) is 0 Å². The van der Waals surface area contributed by atoms with Gasteiger partial charge in [-0.1, -0.05) is 66.2 Å². The fourth-order valence-electron chi connectivity index (χ4n) is 3.06. The molecule has 0 saturated carbocycles. The summed E-state index contributed by atoms with van der Waals surface area (Å²) in [5.74, 6) is 0. The minimum atomic E-state index is -4.74. The summed E-state index contributed by atoms with van der Waals surface area (Å²) in [5.41, 5.74) is 8.35. The molecule has 0 aliphatic carbocycles. The normalized spacial score (nSPS) is 11.5. The van der Waals surface area contributed by atoms with E-state index in [9.17, 15) is 13.0 Å². The molecule has 0 radical (unpaired) electrons. The number of anilines is 1. The third kappa shape index (κ3) is 4.95. The number of nitrogen functional groups attached to an aromatic ring is 1. The summed E-state index contributed by atoms with van der Waals surface area (Å²) in [6.45, 7) is 0. The number of halogens is 1. The smallest absolute Gasteiger partial charge is 0.744 e. The predicted molar refractivity (Wildman–Crippen MR) is 115 cm³/mol. The van der Waals surface area contributed by atoms with Gasteiger partial charge in [-0.15, -0.1) is 10.2 Å². The molecule has 0 unspecified atom stereocenters. The average molecular weight is 461 g/mol. The van der Waals surface area contributed by atoms with Crippen LogP contribution in [0.15, 0.2) is 88.1 Å². The first kappa shape index (κ1) is 23.3. The Hall–Kier alpha value is -2.33. The van der Waals surface area contributed by atoms with Gasteiger partial charge in [-0.05, 0) is 17.7 Å². The van der Waals surface area contributed by atoms with E-state index in [1.54, 1.807) is 24.3 Å². The molecule has 1 aromatic heterocycles. The average Bonchev–Trinajstić information content (AvgIpc) is 2.74. The molecule has 7 nitrogen and oxygen atoms in total. The number of pyridine rings is 1. The van der Waals surface area contributed by atoms with E-state index < -0.39 is 15.0 Å². The standard InChI is InChI=1S/C21H15ClN4O3S.Na/c22-21-17(13-6-2-1-3-7-13)10-14(12-24-21)25-26-18-11-19(30(27,28)29)15-8-4-5-9-16(15)20(18)23;/h1-12H,23H2,(H,27,28,29);/q;+1/p-1. The van der Waals surface area contributed by atoms with Crippen molar-refractivity contribution in [3.63, 3.8) is 0 Å². The van der Waals surface area contributed by atoms with E-state index >= 15 is 0 Å². The number of hydrogen-bond acceptors (Lipinski definition) is 7. The van der Waals surface area contributed by atoms with Gasteiger partial charge in [0.2, 0.25) is 0 Å². The zero-order valence-electron chi connectivity index (χ0n) is 16.4. The maximum Gasteiger partial charge on any atom is 1.00 e. The first-order valence-corrected chi connectivity index (χ1v) is 10.5. The SMILES string of the molecule is Nc1c(N=Nc2cnc(Cl)c(-c3ccccc3)c2)cc(S(=O)(=O)[O-])c2ccccc12.[Na+]. The zero-order chi connectivity index (χ0) is 21.3. The van der Waals surface area contributed by atoms with Crippen molar-refractivity contribution in [1.82, 2.24) is 4.98 Å². The molecule has 0 bridgehead atoms. The minimum absolute atomic E-state index is 0. The first-order valence-electron chi connectivity index (χ1n) is 8.74. The second-order valence-electron chi connectivity index (χ2n) is 6.41. The Morgan fingerprint density at radius 2 is 1.58 bits per heavy atom. The molecule has 3 aromatic carbocycles. The Labute approximate surface area is 206 Å². The van der Waals surface area contributed by atoms with Crippen LogP contribution in [0.5, 0.6) is 0 Å². The molecule has 0 aliphatic rings. The fourth-order valence-corrected chi connectivity index (χ4v) is 3.98. The summed E-state index contributed by atoms with van der Waals surface area (Å²) in [6, 6.07) is 18.7. The van der Waals surface area contributed by atoms with Gasteiger partial charge in [-0.2, -0.15) is 0 Å². The van der Waals surface area contributed by atoms with Crippen LogP contribution in [0.4, 0.5) is 17.1 Å². The van der Waals surface area contributed by atoms with Crippen molar-refractivity contribution in [2.24, 2.45) is 10.2 Å². The van der Waals surface area contributed by atoms with Crippen LogP contribution in [0.2, 0.25) is 5.15 Å². The van der Waals surface area contributed by atoms with E-state index in [4.69, 9.17) is 17.3 Å². The number of rotatable bonds is 4. The molecule has 4 rings (SSSR count). The van der Waals surface area contributed by atoms with Crippen LogP contribution in [0, 0.1) is 0 Å². The molecule has 0 saturated heterocycles. The number of azo groups is 1. The molecule has 0 fully saturated rings. The number of hydrogen-bond donors (Lipinski definition) is 1. The van der Waals surface area contributed by atoms with E-state index in [1.165, 1.54) is 12.3 Å². The Kier molecular flexibility index (Phi) is 7.10. The quantitative estimate of drug-likeness (QED) is 0.165. The van der Waals surface area contributed by atoms with E-state index in [0.29, 0.717) is 21.8 Å². The molecule has 0 atom stereocenters. The predicted octanol–water partition coefficient (Wildman–Crippen LogP) is 2.46.